The number of aromatic nitrogens is 2. The van der Waals surface area contributed by atoms with Crippen LogP contribution in [0.3, 0.4) is 0 Å². The van der Waals surface area contributed by atoms with Crippen LogP contribution in [0.2, 0.25) is 0 Å². The van der Waals surface area contributed by atoms with E-state index >= 15 is 0 Å². The third kappa shape index (κ3) is 3.37. The normalized spacial score (nSPS) is 9.61. The van der Waals surface area contributed by atoms with E-state index in [9.17, 15) is 4.79 Å². The molecule has 18 heavy (non-hydrogen) atoms. The number of nitrogens with one attached hydrogen (secondary N) is 1. The van der Waals surface area contributed by atoms with Gasteiger partial charge in [0.15, 0.2) is 0 Å². The van der Waals surface area contributed by atoms with Crippen LogP contribution in [-0.4, -0.2) is 27.2 Å². The van der Waals surface area contributed by atoms with Crippen LogP contribution in [0, 0.1) is 11.8 Å². The van der Waals surface area contributed by atoms with Crippen LogP contribution in [0.4, 0.5) is 5.00 Å². The fourth-order valence-corrected chi connectivity index (χ4v) is 2.32. The van der Waals surface area contributed by atoms with Gasteiger partial charge in [-0.05, 0) is 12.1 Å². The number of hydrogen-bond acceptors (Lipinski definition) is 6. The van der Waals surface area contributed by atoms with Crippen LogP contribution < -0.4 is 5.32 Å². The van der Waals surface area contributed by atoms with Gasteiger partial charge in [0.25, 0.3) is 5.91 Å². The molecule has 0 radical (unpaired) electrons. The Morgan fingerprint density at radius 1 is 1.50 bits per heavy atom. The minimum Gasteiger partial charge on any atom is -0.395 e. The molecule has 7 heteroatoms. The Bertz CT molecular complexity index is 581. The molecule has 0 aliphatic carbocycles. The van der Waals surface area contributed by atoms with Gasteiger partial charge < -0.3 is 10.4 Å². The third-order valence-electron chi connectivity index (χ3n) is 1.88. The number of anilines is 1. The molecule has 1 amide bonds. The van der Waals surface area contributed by atoms with Crippen LogP contribution in [-0.2, 0) is 0 Å². The van der Waals surface area contributed by atoms with E-state index in [-0.39, 0.29) is 12.5 Å². The molecule has 92 valence electrons. The van der Waals surface area contributed by atoms with Crippen molar-refractivity contribution in [1.82, 2.24) is 9.59 Å². The number of carbonyl (C=O) groups excluding carboxylic acids is 1. The molecule has 0 aliphatic rings. The first-order valence-corrected chi connectivity index (χ1v) is 6.67. The van der Waals surface area contributed by atoms with E-state index in [1.807, 2.05) is 0 Å². The highest BCUT2D eigenvalue weighted by Gasteiger charge is 2.09. The van der Waals surface area contributed by atoms with E-state index in [2.05, 4.69) is 26.7 Å². The Balaban J connectivity index is 2.02. The van der Waals surface area contributed by atoms with Crippen LogP contribution in [0.5, 0.6) is 0 Å². The van der Waals surface area contributed by atoms with E-state index in [0.29, 0.717) is 16.3 Å². The molecule has 0 fully saturated rings. The number of amides is 1. The molecular weight excluding hydrogens is 270 g/mol. The second-order valence-electron chi connectivity index (χ2n) is 3.18. The van der Waals surface area contributed by atoms with Gasteiger partial charge >= 0.3 is 0 Å². The van der Waals surface area contributed by atoms with Crippen molar-refractivity contribution in [3.05, 3.63) is 28.1 Å². The van der Waals surface area contributed by atoms with Gasteiger partial charge in [0.1, 0.15) is 5.00 Å². The minimum atomic E-state index is -0.193. The van der Waals surface area contributed by atoms with E-state index in [0.717, 1.165) is 16.4 Å². The molecule has 0 unspecified atom stereocenters. The topological polar surface area (TPSA) is 75.1 Å². The van der Waals surface area contributed by atoms with Crippen LogP contribution in [0.25, 0.3) is 0 Å². The van der Waals surface area contributed by atoms with Crippen molar-refractivity contribution >= 4 is 33.8 Å². The summed E-state index contributed by atoms with van der Waals surface area (Å²) in [4.78, 5) is 13.2. The standard InChI is InChI=1S/C11H9N3O2S2/c15-6-2-1-3-8-4-5-9(17-8)11(16)13-10-7-12-14-18-10/h4-5,7,15H,2,6H2,(H,13,16). The maximum absolute atomic E-state index is 11.8. The summed E-state index contributed by atoms with van der Waals surface area (Å²) >= 11 is 2.44. The van der Waals surface area contributed by atoms with Gasteiger partial charge in [0, 0.05) is 18.0 Å². The SMILES string of the molecule is O=C(Nc1cnns1)c1ccc(C#CCCO)s1. The quantitative estimate of drug-likeness (QED) is 0.837. The fourth-order valence-electron chi connectivity index (χ4n) is 1.13. The Kier molecular flexibility index (Phi) is 4.41. The summed E-state index contributed by atoms with van der Waals surface area (Å²) in [6.07, 6.45) is 1.93. The van der Waals surface area contributed by atoms with Gasteiger partial charge in [-0.15, -0.1) is 16.4 Å². The fraction of sp³-hybridized carbons (Fsp3) is 0.182. The Labute approximate surface area is 112 Å². The molecule has 0 saturated carbocycles. The molecular formula is C11H9N3O2S2. The molecule has 0 aromatic carbocycles. The van der Waals surface area contributed by atoms with Crippen LogP contribution >= 0.6 is 22.9 Å². The average molecular weight is 279 g/mol. The van der Waals surface area contributed by atoms with Gasteiger partial charge in [0.2, 0.25) is 0 Å². The van der Waals surface area contributed by atoms with Crippen molar-refractivity contribution in [1.29, 1.82) is 0 Å². The molecule has 5 nitrogen and oxygen atoms in total. The van der Waals surface area contributed by atoms with Crippen molar-refractivity contribution in [2.45, 2.75) is 6.42 Å². The van der Waals surface area contributed by atoms with Gasteiger partial charge in [-0.3, -0.25) is 4.79 Å². The van der Waals surface area contributed by atoms with E-state index in [4.69, 9.17) is 5.11 Å². The zero-order chi connectivity index (χ0) is 12.8. The summed E-state index contributed by atoms with van der Waals surface area (Å²) < 4.78 is 3.66. The Hall–Kier alpha value is -1.75. The van der Waals surface area contributed by atoms with Crippen molar-refractivity contribution < 1.29 is 9.90 Å². The lowest BCUT2D eigenvalue weighted by atomic mass is 10.4. The lowest BCUT2D eigenvalue weighted by Crippen LogP contribution is -2.08. The third-order valence-corrected chi connectivity index (χ3v) is 3.46. The number of thiophene rings is 1. The summed E-state index contributed by atoms with van der Waals surface area (Å²) in [6.45, 7) is 0.0457. The molecule has 2 aromatic rings. The molecule has 0 aliphatic heterocycles. The molecule has 0 saturated heterocycles. The van der Waals surface area contributed by atoms with Gasteiger partial charge in [-0.2, -0.15) is 0 Å². The second-order valence-corrected chi connectivity index (χ2v) is 5.04. The molecule has 2 heterocycles. The molecule has 0 bridgehead atoms. The summed E-state index contributed by atoms with van der Waals surface area (Å²) in [6, 6.07) is 3.51. The van der Waals surface area contributed by atoms with Gasteiger partial charge in [-0.25, -0.2) is 0 Å². The number of rotatable bonds is 3. The zero-order valence-electron chi connectivity index (χ0n) is 9.21. The zero-order valence-corrected chi connectivity index (χ0v) is 10.8. The molecule has 2 N–H and O–H groups in total. The number of aliphatic hydroxyl groups is 1. The Morgan fingerprint density at radius 3 is 3.11 bits per heavy atom. The van der Waals surface area contributed by atoms with Crippen molar-refractivity contribution in [2.24, 2.45) is 0 Å². The van der Waals surface area contributed by atoms with Gasteiger partial charge in [-0.1, -0.05) is 16.3 Å². The van der Waals surface area contributed by atoms with Crippen molar-refractivity contribution in [3.8, 4) is 11.8 Å². The highest BCUT2D eigenvalue weighted by atomic mass is 32.1. The summed E-state index contributed by atoms with van der Waals surface area (Å²) in [5.41, 5.74) is 0. The lowest BCUT2D eigenvalue weighted by molar-refractivity contribution is 0.103. The summed E-state index contributed by atoms with van der Waals surface area (Å²) in [7, 11) is 0. The molecule has 2 rings (SSSR count). The van der Waals surface area contributed by atoms with Crippen molar-refractivity contribution in [2.75, 3.05) is 11.9 Å². The average Bonchev–Trinajstić information content (AvgIpc) is 3.00. The van der Waals surface area contributed by atoms with Crippen molar-refractivity contribution in [3.63, 3.8) is 0 Å². The predicted octanol–water partition coefficient (Wildman–Crippen LogP) is 1.59. The molecule has 2 aromatic heterocycles. The lowest BCUT2D eigenvalue weighted by Gasteiger charge is -1.96. The number of carbonyl (C=O) groups is 1. The maximum Gasteiger partial charge on any atom is 0.266 e. The van der Waals surface area contributed by atoms with E-state index in [1.54, 1.807) is 12.1 Å². The molecule has 0 spiro atoms. The predicted molar refractivity (Wildman–Crippen MR) is 70.8 cm³/mol. The maximum atomic E-state index is 11.8. The van der Waals surface area contributed by atoms with E-state index < -0.39 is 0 Å². The highest BCUT2D eigenvalue weighted by molar-refractivity contribution is 7.15. The number of hydrogen-bond donors (Lipinski definition) is 2. The summed E-state index contributed by atoms with van der Waals surface area (Å²) in [5.74, 6) is 5.50. The van der Waals surface area contributed by atoms with Crippen LogP contribution in [0.1, 0.15) is 21.0 Å². The molecule has 0 atom stereocenters. The summed E-state index contributed by atoms with van der Waals surface area (Å²) in [5, 5.41) is 15.6. The Morgan fingerprint density at radius 2 is 2.39 bits per heavy atom. The van der Waals surface area contributed by atoms with Gasteiger partial charge in [0.05, 0.1) is 22.6 Å². The smallest absolute Gasteiger partial charge is 0.266 e. The number of nitrogens with zero attached hydrogens (tertiary/aromatic N) is 2. The monoisotopic (exact) mass is 279 g/mol. The first-order chi connectivity index (χ1) is 8.79. The second kappa shape index (κ2) is 6.26. The highest BCUT2D eigenvalue weighted by Crippen LogP contribution is 2.18. The largest absolute Gasteiger partial charge is 0.395 e. The first kappa shape index (κ1) is 12.7. The van der Waals surface area contributed by atoms with Crippen LogP contribution in [0.15, 0.2) is 18.3 Å². The number of aliphatic hydroxyl groups excluding tert-OH is 1. The van der Waals surface area contributed by atoms with E-state index in [1.165, 1.54) is 17.5 Å². The first-order valence-electron chi connectivity index (χ1n) is 5.08. The minimum absolute atomic E-state index is 0.0457.